The van der Waals surface area contributed by atoms with Crippen molar-refractivity contribution in [3.8, 4) is 11.3 Å². The molecule has 1 saturated heterocycles. The monoisotopic (exact) mass is 416 g/mol. The molecule has 4 rings (SSSR count). The fraction of sp³-hybridized carbons (Fsp3) is 0.278. The SMILES string of the molecule is O=c1ccc(-c2cccnc2)nn1C1COCC1NCc1ccc(Br)o1. The molecule has 0 radical (unpaired) electrons. The lowest BCUT2D eigenvalue weighted by Gasteiger charge is -2.20. The number of hydrogen-bond donors (Lipinski definition) is 1. The second kappa shape index (κ2) is 7.53. The van der Waals surface area contributed by atoms with Gasteiger partial charge in [-0.3, -0.25) is 9.78 Å². The molecule has 0 amide bonds. The van der Waals surface area contributed by atoms with Crippen molar-refractivity contribution in [3.63, 3.8) is 0 Å². The van der Waals surface area contributed by atoms with Crippen molar-refractivity contribution >= 4 is 15.9 Å². The molecule has 0 aliphatic carbocycles. The zero-order chi connectivity index (χ0) is 17.9. The van der Waals surface area contributed by atoms with Gasteiger partial charge in [-0.15, -0.1) is 0 Å². The maximum absolute atomic E-state index is 12.4. The fourth-order valence-corrected chi connectivity index (χ4v) is 3.33. The minimum Gasteiger partial charge on any atom is -0.453 e. The molecule has 0 aromatic carbocycles. The number of halogens is 1. The molecule has 4 heterocycles. The van der Waals surface area contributed by atoms with E-state index in [1.165, 1.54) is 10.7 Å². The quantitative estimate of drug-likeness (QED) is 0.687. The van der Waals surface area contributed by atoms with E-state index in [0.29, 0.717) is 30.1 Å². The maximum atomic E-state index is 12.4. The summed E-state index contributed by atoms with van der Waals surface area (Å²) in [4.78, 5) is 16.5. The molecular formula is C18H17BrN4O3. The number of aromatic nitrogens is 3. The average Bonchev–Trinajstić information content (AvgIpc) is 3.30. The van der Waals surface area contributed by atoms with Crippen molar-refractivity contribution in [1.82, 2.24) is 20.1 Å². The van der Waals surface area contributed by atoms with Gasteiger partial charge in [0.15, 0.2) is 4.67 Å². The molecule has 26 heavy (non-hydrogen) atoms. The van der Waals surface area contributed by atoms with Crippen LogP contribution in [0.4, 0.5) is 0 Å². The Hall–Kier alpha value is -2.29. The third kappa shape index (κ3) is 3.62. The third-order valence-corrected chi connectivity index (χ3v) is 4.74. The molecule has 1 N–H and O–H groups in total. The van der Waals surface area contributed by atoms with E-state index in [9.17, 15) is 4.79 Å². The first-order chi connectivity index (χ1) is 12.7. The Balaban J connectivity index is 1.56. The Labute approximate surface area is 158 Å². The molecule has 2 unspecified atom stereocenters. The van der Waals surface area contributed by atoms with Gasteiger partial charge in [0.2, 0.25) is 0 Å². The van der Waals surface area contributed by atoms with Crippen molar-refractivity contribution in [2.24, 2.45) is 0 Å². The lowest BCUT2D eigenvalue weighted by atomic mass is 10.1. The number of rotatable bonds is 5. The zero-order valence-corrected chi connectivity index (χ0v) is 15.4. The van der Waals surface area contributed by atoms with E-state index in [1.807, 2.05) is 24.3 Å². The van der Waals surface area contributed by atoms with Crippen LogP contribution in [0.1, 0.15) is 11.8 Å². The maximum Gasteiger partial charge on any atom is 0.267 e. The van der Waals surface area contributed by atoms with Crippen LogP contribution in [0.3, 0.4) is 0 Å². The Morgan fingerprint density at radius 2 is 2.15 bits per heavy atom. The van der Waals surface area contributed by atoms with Crippen molar-refractivity contribution in [3.05, 3.63) is 69.6 Å². The van der Waals surface area contributed by atoms with Gasteiger partial charge in [-0.2, -0.15) is 5.10 Å². The van der Waals surface area contributed by atoms with Crippen molar-refractivity contribution in [2.45, 2.75) is 18.6 Å². The number of furan rings is 1. The molecule has 1 aliphatic rings. The molecule has 0 saturated carbocycles. The van der Waals surface area contributed by atoms with E-state index >= 15 is 0 Å². The molecule has 3 aromatic rings. The molecule has 3 aromatic heterocycles. The van der Waals surface area contributed by atoms with Gasteiger partial charge in [-0.1, -0.05) is 0 Å². The van der Waals surface area contributed by atoms with E-state index < -0.39 is 0 Å². The van der Waals surface area contributed by atoms with E-state index in [2.05, 4.69) is 31.3 Å². The first-order valence-electron chi connectivity index (χ1n) is 8.26. The smallest absolute Gasteiger partial charge is 0.267 e. The van der Waals surface area contributed by atoms with Gasteiger partial charge in [-0.25, -0.2) is 4.68 Å². The van der Waals surface area contributed by atoms with Crippen LogP contribution in [0.25, 0.3) is 11.3 Å². The van der Waals surface area contributed by atoms with E-state index in [4.69, 9.17) is 9.15 Å². The average molecular weight is 417 g/mol. The summed E-state index contributed by atoms with van der Waals surface area (Å²) in [6.07, 6.45) is 3.43. The second-order valence-electron chi connectivity index (χ2n) is 6.04. The highest BCUT2D eigenvalue weighted by atomic mass is 79.9. The van der Waals surface area contributed by atoms with Crippen LogP contribution in [0, 0.1) is 0 Å². The summed E-state index contributed by atoms with van der Waals surface area (Å²) in [5.74, 6) is 0.812. The van der Waals surface area contributed by atoms with Gasteiger partial charge in [-0.05, 0) is 46.3 Å². The fourth-order valence-electron chi connectivity index (χ4n) is 2.99. The second-order valence-corrected chi connectivity index (χ2v) is 6.82. The summed E-state index contributed by atoms with van der Waals surface area (Å²) >= 11 is 3.29. The number of nitrogens with one attached hydrogen (secondary N) is 1. The highest BCUT2D eigenvalue weighted by molar-refractivity contribution is 9.10. The highest BCUT2D eigenvalue weighted by Crippen LogP contribution is 2.21. The molecule has 0 bridgehead atoms. The lowest BCUT2D eigenvalue weighted by molar-refractivity contribution is 0.180. The molecule has 134 valence electrons. The van der Waals surface area contributed by atoms with Crippen LogP contribution in [0.2, 0.25) is 0 Å². The van der Waals surface area contributed by atoms with E-state index in [0.717, 1.165) is 11.3 Å². The van der Waals surface area contributed by atoms with E-state index in [-0.39, 0.29) is 17.6 Å². The minimum absolute atomic E-state index is 0.0341. The lowest BCUT2D eigenvalue weighted by Crippen LogP contribution is -2.41. The van der Waals surface area contributed by atoms with Gasteiger partial charge in [0.05, 0.1) is 37.5 Å². The van der Waals surface area contributed by atoms with Crippen LogP contribution < -0.4 is 10.9 Å². The topological polar surface area (TPSA) is 82.2 Å². The molecule has 0 spiro atoms. The normalized spacial score (nSPS) is 19.7. The first-order valence-corrected chi connectivity index (χ1v) is 9.05. The molecule has 1 aliphatic heterocycles. The highest BCUT2D eigenvalue weighted by Gasteiger charge is 2.31. The van der Waals surface area contributed by atoms with Crippen LogP contribution >= 0.6 is 15.9 Å². The van der Waals surface area contributed by atoms with Crippen molar-refractivity contribution < 1.29 is 9.15 Å². The van der Waals surface area contributed by atoms with Crippen LogP contribution in [-0.2, 0) is 11.3 Å². The number of ether oxygens (including phenoxy) is 1. The molecule has 1 fully saturated rings. The molecule has 7 nitrogen and oxygen atoms in total. The van der Waals surface area contributed by atoms with Gasteiger partial charge < -0.3 is 14.5 Å². The predicted molar refractivity (Wildman–Crippen MR) is 98.6 cm³/mol. The van der Waals surface area contributed by atoms with Gasteiger partial charge in [0, 0.05) is 24.0 Å². The van der Waals surface area contributed by atoms with Crippen molar-refractivity contribution in [1.29, 1.82) is 0 Å². The third-order valence-electron chi connectivity index (χ3n) is 4.31. The Morgan fingerprint density at radius 1 is 1.23 bits per heavy atom. The number of hydrogen-bond acceptors (Lipinski definition) is 6. The summed E-state index contributed by atoms with van der Waals surface area (Å²) in [7, 11) is 0. The van der Waals surface area contributed by atoms with E-state index in [1.54, 1.807) is 18.5 Å². The summed E-state index contributed by atoms with van der Waals surface area (Å²) in [5, 5.41) is 7.94. The van der Waals surface area contributed by atoms with Crippen molar-refractivity contribution in [2.75, 3.05) is 13.2 Å². The largest absolute Gasteiger partial charge is 0.453 e. The van der Waals surface area contributed by atoms with Gasteiger partial charge in [0.1, 0.15) is 5.76 Å². The standard InChI is InChI=1S/C18H17BrN4O3/c19-17-5-3-13(26-17)9-21-15-10-25-11-16(15)23-18(24)6-4-14(22-23)12-2-1-7-20-8-12/h1-8,15-16,21H,9-11H2. The molecule has 2 atom stereocenters. The summed E-state index contributed by atoms with van der Waals surface area (Å²) < 4.78 is 13.3. The number of pyridine rings is 1. The van der Waals surface area contributed by atoms with Crippen LogP contribution in [0.5, 0.6) is 0 Å². The Morgan fingerprint density at radius 3 is 2.92 bits per heavy atom. The van der Waals surface area contributed by atoms with Gasteiger partial charge >= 0.3 is 0 Å². The number of nitrogens with zero attached hydrogens (tertiary/aromatic N) is 3. The molecular weight excluding hydrogens is 400 g/mol. The van der Waals surface area contributed by atoms with Crippen LogP contribution in [-0.4, -0.2) is 34.0 Å². The predicted octanol–water partition coefficient (Wildman–Crippen LogP) is 2.39. The summed E-state index contributed by atoms with van der Waals surface area (Å²) in [6.45, 7) is 1.49. The Bertz CT molecular complexity index is 941. The Kier molecular flexibility index (Phi) is 4.96. The first kappa shape index (κ1) is 17.1. The minimum atomic E-state index is -0.183. The van der Waals surface area contributed by atoms with Crippen LogP contribution in [0.15, 0.2) is 62.7 Å². The molecule has 8 heteroatoms. The van der Waals surface area contributed by atoms with Gasteiger partial charge in [0.25, 0.3) is 5.56 Å². The zero-order valence-electron chi connectivity index (χ0n) is 13.8. The summed E-state index contributed by atoms with van der Waals surface area (Å²) in [5.41, 5.74) is 1.42. The summed E-state index contributed by atoms with van der Waals surface area (Å²) in [6, 6.07) is 10.5.